The Hall–Kier alpha value is -1.97. The summed E-state index contributed by atoms with van der Waals surface area (Å²) in [5.41, 5.74) is 0.106. The summed E-state index contributed by atoms with van der Waals surface area (Å²) < 4.78 is 38.2. The van der Waals surface area contributed by atoms with Gasteiger partial charge in [0.05, 0.1) is 22.7 Å². The van der Waals surface area contributed by atoms with Crippen molar-refractivity contribution in [2.45, 2.75) is 56.6 Å². The van der Waals surface area contributed by atoms with Gasteiger partial charge in [0.2, 0.25) is 10.0 Å². The minimum atomic E-state index is -3.77. The van der Waals surface area contributed by atoms with Gasteiger partial charge in [0.25, 0.3) is 5.91 Å². The summed E-state index contributed by atoms with van der Waals surface area (Å²) in [5.74, 6) is -0.927. The number of benzene rings is 1. The molecule has 2 aliphatic rings. The largest absolute Gasteiger partial charge is 0.452 e. The lowest BCUT2D eigenvalue weighted by Crippen LogP contribution is -2.48. The van der Waals surface area contributed by atoms with Crippen LogP contribution in [0.5, 0.6) is 0 Å². The fourth-order valence-corrected chi connectivity index (χ4v) is 5.52. The molecule has 2 saturated heterocycles. The van der Waals surface area contributed by atoms with Crippen LogP contribution in [0.3, 0.4) is 0 Å². The average Bonchev–Trinajstić information content (AvgIpc) is 3.01. The number of ether oxygens (including phenoxy) is 2. The summed E-state index contributed by atoms with van der Waals surface area (Å²) in [5, 5.41) is 0. The van der Waals surface area contributed by atoms with E-state index in [-0.39, 0.29) is 48.3 Å². The van der Waals surface area contributed by atoms with E-state index in [9.17, 15) is 18.0 Å². The quantitative estimate of drug-likeness (QED) is 0.653. The third-order valence-corrected chi connectivity index (χ3v) is 7.21. The van der Waals surface area contributed by atoms with Crippen LogP contribution in [0.25, 0.3) is 0 Å². The highest BCUT2D eigenvalue weighted by Gasteiger charge is 2.32. The van der Waals surface area contributed by atoms with E-state index in [4.69, 9.17) is 9.47 Å². The molecule has 2 heterocycles. The minimum absolute atomic E-state index is 0.0251. The van der Waals surface area contributed by atoms with E-state index < -0.39 is 16.0 Å². The van der Waals surface area contributed by atoms with Crippen LogP contribution in [0, 0.1) is 0 Å². The van der Waals surface area contributed by atoms with Crippen molar-refractivity contribution in [1.29, 1.82) is 0 Å². The minimum Gasteiger partial charge on any atom is -0.452 e. The van der Waals surface area contributed by atoms with E-state index in [1.165, 1.54) is 28.6 Å². The van der Waals surface area contributed by atoms with Crippen LogP contribution in [-0.4, -0.2) is 74.5 Å². The topological polar surface area (TPSA) is 93.2 Å². The molecule has 0 spiro atoms. The Balaban J connectivity index is 1.65. The van der Waals surface area contributed by atoms with E-state index in [1.807, 2.05) is 13.8 Å². The number of esters is 1. The Morgan fingerprint density at radius 3 is 2.33 bits per heavy atom. The number of nitrogens with zero attached hydrogens (tertiary/aromatic N) is 2. The molecular formula is C21H30N2O6S. The first kappa shape index (κ1) is 22.7. The first-order chi connectivity index (χ1) is 14.3. The Kier molecular flexibility index (Phi) is 7.49. The van der Waals surface area contributed by atoms with Crippen molar-refractivity contribution in [2.24, 2.45) is 0 Å². The van der Waals surface area contributed by atoms with Crippen molar-refractivity contribution < 1.29 is 27.5 Å². The number of sulfonamides is 1. The van der Waals surface area contributed by atoms with Crippen molar-refractivity contribution in [3.05, 3.63) is 29.8 Å². The zero-order valence-corrected chi connectivity index (χ0v) is 18.4. The molecule has 0 bridgehead atoms. The molecule has 0 aromatic heterocycles. The van der Waals surface area contributed by atoms with Crippen molar-refractivity contribution in [3.8, 4) is 0 Å². The molecule has 30 heavy (non-hydrogen) atoms. The number of rotatable bonds is 5. The number of carbonyl (C=O) groups excluding carboxylic acids is 2. The van der Waals surface area contributed by atoms with Crippen LogP contribution in [-0.2, 0) is 24.3 Å². The van der Waals surface area contributed by atoms with E-state index in [2.05, 4.69) is 0 Å². The molecule has 2 atom stereocenters. The normalized spacial score (nSPS) is 23.6. The van der Waals surface area contributed by atoms with Gasteiger partial charge in [0, 0.05) is 26.2 Å². The number of amides is 1. The molecule has 0 saturated carbocycles. The maximum atomic E-state index is 13.0. The van der Waals surface area contributed by atoms with Crippen LogP contribution >= 0.6 is 0 Å². The standard InChI is InChI=1S/C21H30N2O6S/c1-16-13-23(14-17(2)29-16)30(26,27)19-9-7-8-18(12-19)21(25)28-15-20(24)22-10-5-3-4-6-11-22/h7-9,12,16-17H,3-6,10-11,13-15H2,1-2H3/t16-,17-/m1/s1. The van der Waals surface area contributed by atoms with Gasteiger partial charge in [-0.1, -0.05) is 18.9 Å². The summed E-state index contributed by atoms with van der Waals surface area (Å²) in [6.07, 6.45) is 3.71. The van der Waals surface area contributed by atoms with Crippen molar-refractivity contribution in [1.82, 2.24) is 9.21 Å². The molecule has 8 nitrogen and oxygen atoms in total. The molecule has 3 rings (SSSR count). The molecule has 0 N–H and O–H groups in total. The number of hydrogen-bond acceptors (Lipinski definition) is 6. The number of likely N-dealkylation sites (tertiary alicyclic amines) is 1. The molecular weight excluding hydrogens is 408 g/mol. The smallest absolute Gasteiger partial charge is 0.338 e. The number of carbonyl (C=O) groups is 2. The fraction of sp³-hybridized carbons (Fsp3) is 0.619. The lowest BCUT2D eigenvalue weighted by Gasteiger charge is -2.34. The van der Waals surface area contributed by atoms with Gasteiger partial charge >= 0.3 is 5.97 Å². The predicted octanol–water partition coefficient (Wildman–Crippen LogP) is 2.04. The molecule has 2 aliphatic heterocycles. The second-order valence-electron chi connectivity index (χ2n) is 7.98. The van der Waals surface area contributed by atoms with Crippen molar-refractivity contribution >= 4 is 21.9 Å². The van der Waals surface area contributed by atoms with Crippen molar-refractivity contribution in [2.75, 3.05) is 32.8 Å². The molecule has 0 aliphatic carbocycles. The summed E-state index contributed by atoms with van der Waals surface area (Å²) in [7, 11) is -3.77. The lowest BCUT2D eigenvalue weighted by molar-refractivity contribution is -0.134. The molecule has 0 radical (unpaired) electrons. The van der Waals surface area contributed by atoms with Gasteiger partial charge in [-0.25, -0.2) is 13.2 Å². The zero-order valence-electron chi connectivity index (χ0n) is 17.6. The molecule has 166 valence electrons. The third-order valence-electron chi connectivity index (χ3n) is 5.38. The predicted molar refractivity (Wildman–Crippen MR) is 111 cm³/mol. The highest BCUT2D eigenvalue weighted by atomic mass is 32.2. The molecule has 1 amide bonds. The van der Waals surface area contributed by atoms with Gasteiger partial charge in [-0.3, -0.25) is 4.79 Å². The maximum absolute atomic E-state index is 13.0. The highest BCUT2D eigenvalue weighted by molar-refractivity contribution is 7.89. The Labute approximate surface area is 178 Å². The van der Waals surface area contributed by atoms with Crippen LogP contribution in [0.1, 0.15) is 49.9 Å². The van der Waals surface area contributed by atoms with Crippen LogP contribution in [0.15, 0.2) is 29.2 Å². The Bertz CT molecular complexity index is 854. The van der Waals surface area contributed by atoms with Crippen LogP contribution in [0.2, 0.25) is 0 Å². The lowest BCUT2D eigenvalue weighted by atomic mass is 10.2. The Morgan fingerprint density at radius 2 is 1.70 bits per heavy atom. The van der Waals surface area contributed by atoms with E-state index in [0.717, 1.165) is 25.7 Å². The van der Waals surface area contributed by atoms with E-state index >= 15 is 0 Å². The van der Waals surface area contributed by atoms with Crippen LogP contribution < -0.4 is 0 Å². The first-order valence-corrected chi connectivity index (χ1v) is 11.9. The van der Waals surface area contributed by atoms with Crippen LogP contribution in [0.4, 0.5) is 0 Å². The highest BCUT2D eigenvalue weighted by Crippen LogP contribution is 2.22. The van der Waals surface area contributed by atoms with E-state index in [1.54, 1.807) is 4.90 Å². The van der Waals surface area contributed by atoms with Crippen molar-refractivity contribution in [3.63, 3.8) is 0 Å². The van der Waals surface area contributed by atoms with E-state index in [0.29, 0.717) is 13.1 Å². The number of hydrogen-bond donors (Lipinski definition) is 0. The monoisotopic (exact) mass is 438 g/mol. The summed E-state index contributed by atoms with van der Waals surface area (Å²) in [6, 6.07) is 5.76. The molecule has 0 unspecified atom stereocenters. The fourth-order valence-electron chi connectivity index (χ4n) is 3.88. The summed E-state index contributed by atoms with van der Waals surface area (Å²) in [4.78, 5) is 26.5. The molecule has 9 heteroatoms. The van der Waals surface area contributed by atoms with Gasteiger partial charge < -0.3 is 14.4 Å². The number of morpholine rings is 1. The first-order valence-electron chi connectivity index (χ1n) is 10.5. The SMILES string of the molecule is C[C@@H]1CN(S(=O)(=O)c2cccc(C(=O)OCC(=O)N3CCCCCC3)c2)C[C@@H](C)O1. The van der Waals surface area contributed by atoms with Gasteiger partial charge in [-0.15, -0.1) is 0 Å². The maximum Gasteiger partial charge on any atom is 0.338 e. The second-order valence-corrected chi connectivity index (χ2v) is 9.92. The third kappa shape index (κ3) is 5.59. The molecule has 2 fully saturated rings. The molecule has 1 aromatic carbocycles. The average molecular weight is 439 g/mol. The summed E-state index contributed by atoms with van der Waals surface area (Å²) in [6.45, 7) is 5.19. The second kappa shape index (κ2) is 9.89. The van der Waals surface area contributed by atoms with Gasteiger partial charge in [-0.05, 0) is 44.9 Å². The van der Waals surface area contributed by atoms with Gasteiger partial charge in [0.15, 0.2) is 6.61 Å². The van der Waals surface area contributed by atoms with Gasteiger partial charge in [0.1, 0.15) is 0 Å². The molecule has 1 aromatic rings. The zero-order chi connectivity index (χ0) is 21.7. The van der Waals surface area contributed by atoms with Gasteiger partial charge in [-0.2, -0.15) is 4.31 Å². The summed E-state index contributed by atoms with van der Waals surface area (Å²) >= 11 is 0. The Morgan fingerprint density at radius 1 is 1.07 bits per heavy atom.